The summed E-state index contributed by atoms with van der Waals surface area (Å²) in [5.41, 5.74) is 0. The van der Waals surface area contributed by atoms with Crippen LogP contribution in [0.25, 0.3) is 0 Å². The van der Waals surface area contributed by atoms with Crippen molar-refractivity contribution in [1.29, 1.82) is 0 Å². The van der Waals surface area contributed by atoms with Crippen LogP contribution in [0.2, 0.25) is 0 Å². The minimum absolute atomic E-state index is 0.126. The molecule has 2 rings (SSSR count). The van der Waals surface area contributed by atoms with Gasteiger partial charge in [-0.2, -0.15) is 0 Å². The van der Waals surface area contributed by atoms with E-state index in [-0.39, 0.29) is 6.04 Å². The number of hydrogen-bond acceptors (Lipinski definition) is 5. The number of nitrogens with zero attached hydrogens (tertiary/aromatic N) is 3. The maximum Gasteiger partial charge on any atom is 0.318 e. The van der Waals surface area contributed by atoms with Crippen LogP contribution >= 0.6 is 0 Å². The maximum atomic E-state index is 5.85. The third-order valence-electron chi connectivity index (χ3n) is 3.82. The van der Waals surface area contributed by atoms with E-state index in [1.54, 1.807) is 0 Å². The van der Waals surface area contributed by atoms with Crippen LogP contribution < -0.4 is 10.2 Å². The first kappa shape index (κ1) is 14.3. The van der Waals surface area contributed by atoms with E-state index in [9.17, 15) is 0 Å². The SMILES string of the molecule is CCCNC(C)c1nnc(N2CCCC2C(C)C)o1. The van der Waals surface area contributed by atoms with Gasteiger partial charge >= 0.3 is 6.01 Å². The zero-order chi connectivity index (χ0) is 13.8. The molecular weight excluding hydrogens is 240 g/mol. The third kappa shape index (κ3) is 3.26. The summed E-state index contributed by atoms with van der Waals surface area (Å²) in [6.45, 7) is 10.7. The fourth-order valence-electron chi connectivity index (χ4n) is 2.69. The van der Waals surface area contributed by atoms with E-state index in [0.717, 1.165) is 19.5 Å². The molecule has 0 spiro atoms. The fourth-order valence-corrected chi connectivity index (χ4v) is 2.69. The predicted molar refractivity (Wildman–Crippen MR) is 76.2 cm³/mol. The minimum atomic E-state index is 0.126. The molecule has 0 bridgehead atoms. The maximum absolute atomic E-state index is 5.85. The summed E-state index contributed by atoms with van der Waals surface area (Å²) in [6, 6.07) is 1.35. The van der Waals surface area contributed by atoms with Crippen molar-refractivity contribution >= 4 is 6.01 Å². The monoisotopic (exact) mass is 266 g/mol. The molecule has 1 aliphatic rings. The van der Waals surface area contributed by atoms with Gasteiger partial charge in [0.15, 0.2) is 0 Å². The molecule has 0 aliphatic carbocycles. The molecule has 5 heteroatoms. The molecule has 0 aromatic carbocycles. The largest absolute Gasteiger partial charge is 0.406 e. The van der Waals surface area contributed by atoms with E-state index in [1.807, 2.05) is 0 Å². The van der Waals surface area contributed by atoms with Gasteiger partial charge in [-0.15, -0.1) is 5.10 Å². The van der Waals surface area contributed by atoms with Gasteiger partial charge in [0.1, 0.15) is 0 Å². The van der Waals surface area contributed by atoms with E-state index in [4.69, 9.17) is 4.42 Å². The summed E-state index contributed by atoms with van der Waals surface area (Å²) in [5, 5.41) is 11.8. The molecule has 1 aliphatic heterocycles. The van der Waals surface area contributed by atoms with Gasteiger partial charge in [-0.05, 0) is 38.6 Å². The van der Waals surface area contributed by atoms with Crippen molar-refractivity contribution in [3.8, 4) is 0 Å². The van der Waals surface area contributed by atoms with E-state index in [1.165, 1.54) is 12.8 Å². The lowest BCUT2D eigenvalue weighted by atomic mass is 10.0. The zero-order valence-corrected chi connectivity index (χ0v) is 12.5. The molecule has 2 unspecified atom stereocenters. The van der Waals surface area contributed by atoms with Gasteiger partial charge in [0.05, 0.1) is 6.04 Å². The van der Waals surface area contributed by atoms with E-state index in [0.29, 0.717) is 23.9 Å². The van der Waals surface area contributed by atoms with Gasteiger partial charge in [0, 0.05) is 12.6 Å². The van der Waals surface area contributed by atoms with Gasteiger partial charge in [-0.25, -0.2) is 0 Å². The summed E-state index contributed by atoms with van der Waals surface area (Å²) in [7, 11) is 0. The number of anilines is 1. The van der Waals surface area contributed by atoms with Crippen molar-refractivity contribution < 1.29 is 4.42 Å². The molecule has 0 saturated carbocycles. The molecule has 0 amide bonds. The van der Waals surface area contributed by atoms with E-state index < -0.39 is 0 Å². The van der Waals surface area contributed by atoms with Crippen LogP contribution in [0.3, 0.4) is 0 Å². The van der Waals surface area contributed by atoms with Crippen molar-refractivity contribution in [2.24, 2.45) is 5.92 Å². The molecule has 1 fully saturated rings. The van der Waals surface area contributed by atoms with Gasteiger partial charge in [-0.1, -0.05) is 25.9 Å². The third-order valence-corrected chi connectivity index (χ3v) is 3.82. The van der Waals surface area contributed by atoms with Crippen molar-refractivity contribution in [1.82, 2.24) is 15.5 Å². The first-order valence-corrected chi connectivity index (χ1v) is 7.47. The highest BCUT2D eigenvalue weighted by molar-refractivity contribution is 5.29. The molecule has 2 heterocycles. The molecule has 5 nitrogen and oxygen atoms in total. The van der Waals surface area contributed by atoms with Gasteiger partial charge in [0.25, 0.3) is 0 Å². The molecule has 19 heavy (non-hydrogen) atoms. The Kier molecular flexibility index (Phi) is 4.80. The van der Waals surface area contributed by atoms with Crippen LogP contribution in [0.1, 0.15) is 58.9 Å². The van der Waals surface area contributed by atoms with Crippen LogP contribution in [0, 0.1) is 5.92 Å². The molecule has 108 valence electrons. The van der Waals surface area contributed by atoms with Crippen molar-refractivity contribution in [3.63, 3.8) is 0 Å². The second-order valence-electron chi connectivity index (χ2n) is 5.75. The summed E-state index contributed by atoms with van der Waals surface area (Å²) < 4.78 is 5.85. The number of nitrogens with one attached hydrogen (secondary N) is 1. The molecular formula is C14H26N4O. The molecule has 1 N–H and O–H groups in total. The molecule has 0 radical (unpaired) electrons. The van der Waals surface area contributed by atoms with Crippen LogP contribution in [0.5, 0.6) is 0 Å². The summed E-state index contributed by atoms with van der Waals surface area (Å²) in [6.07, 6.45) is 3.54. The lowest BCUT2D eigenvalue weighted by Gasteiger charge is -2.25. The average molecular weight is 266 g/mol. The Hall–Kier alpha value is -1.10. The van der Waals surface area contributed by atoms with Crippen molar-refractivity contribution in [3.05, 3.63) is 5.89 Å². The van der Waals surface area contributed by atoms with Crippen molar-refractivity contribution in [2.75, 3.05) is 18.0 Å². The zero-order valence-electron chi connectivity index (χ0n) is 12.5. The normalized spacial score (nSPS) is 21.3. The summed E-state index contributed by atoms with van der Waals surface area (Å²) in [5.74, 6) is 1.31. The highest BCUT2D eigenvalue weighted by Gasteiger charge is 2.31. The smallest absolute Gasteiger partial charge is 0.318 e. The highest BCUT2D eigenvalue weighted by atomic mass is 16.4. The molecule has 1 aromatic heterocycles. The molecule has 1 saturated heterocycles. The van der Waals surface area contributed by atoms with Gasteiger partial charge < -0.3 is 14.6 Å². The average Bonchev–Trinajstić information content (AvgIpc) is 3.02. The second-order valence-corrected chi connectivity index (χ2v) is 5.75. The standard InChI is InChI=1S/C14H26N4O/c1-5-8-15-11(4)13-16-17-14(19-13)18-9-6-7-12(18)10(2)3/h10-12,15H,5-9H2,1-4H3. The lowest BCUT2D eigenvalue weighted by molar-refractivity contribution is 0.400. The van der Waals surface area contributed by atoms with Crippen LogP contribution in [0.15, 0.2) is 4.42 Å². The summed E-state index contributed by atoms with van der Waals surface area (Å²) >= 11 is 0. The Labute approximate surface area is 115 Å². The Morgan fingerprint density at radius 3 is 2.84 bits per heavy atom. The lowest BCUT2D eigenvalue weighted by Crippen LogP contribution is -2.33. The highest BCUT2D eigenvalue weighted by Crippen LogP contribution is 2.29. The number of rotatable bonds is 6. The van der Waals surface area contributed by atoms with Crippen LogP contribution in [-0.2, 0) is 0 Å². The Balaban J connectivity index is 2.04. The van der Waals surface area contributed by atoms with E-state index >= 15 is 0 Å². The van der Waals surface area contributed by atoms with Crippen LogP contribution in [-0.4, -0.2) is 29.3 Å². The first-order valence-electron chi connectivity index (χ1n) is 7.47. The Morgan fingerprint density at radius 2 is 2.16 bits per heavy atom. The van der Waals surface area contributed by atoms with E-state index in [2.05, 4.69) is 48.1 Å². The first-order chi connectivity index (χ1) is 9.13. The minimum Gasteiger partial charge on any atom is -0.406 e. The van der Waals surface area contributed by atoms with Crippen molar-refractivity contribution in [2.45, 2.75) is 59.0 Å². The molecule has 2 atom stereocenters. The van der Waals surface area contributed by atoms with Gasteiger partial charge in [0.2, 0.25) is 5.89 Å². The Morgan fingerprint density at radius 1 is 1.37 bits per heavy atom. The number of hydrogen-bond donors (Lipinski definition) is 1. The molecule has 1 aromatic rings. The quantitative estimate of drug-likeness (QED) is 0.858. The topological polar surface area (TPSA) is 54.2 Å². The fraction of sp³-hybridized carbons (Fsp3) is 0.857. The summed E-state index contributed by atoms with van der Waals surface area (Å²) in [4.78, 5) is 2.27. The number of aromatic nitrogens is 2. The van der Waals surface area contributed by atoms with Gasteiger partial charge in [-0.3, -0.25) is 0 Å². The predicted octanol–water partition coefficient (Wildman–Crippen LogP) is 2.76. The Bertz CT molecular complexity index is 391. The van der Waals surface area contributed by atoms with Crippen LogP contribution in [0.4, 0.5) is 6.01 Å². The second kappa shape index (κ2) is 6.37.